The van der Waals surface area contributed by atoms with Crippen molar-refractivity contribution >= 4 is 29.4 Å². The van der Waals surface area contributed by atoms with Crippen LogP contribution in [-0.2, 0) is 20.2 Å². The van der Waals surface area contributed by atoms with Crippen molar-refractivity contribution in [1.82, 2.24) is 4.57 Å². The molecule has 0 saturated heterocycles. The minimum atomic E-state index is -2.86. The van der Waals surface area contributed by atoms with Crippen LogP contribution in [0.15, 0.2) is 36.4 Å². The van der Waals surface area contributed by atoms with Crippen molar-refractivity contribution < 1.29 is 13.6 Å². The Bertz CT molecular complexity index is 987. The van der Waals surface area contributed by atoms with Crippen molar-refractivity contribution in [2.75, 3.05) is 19.4 Å². The molecular weight excluding hydrogens is 417 g/mol. The predicted molar refractivity (Wildman–Crippen MR) is 137 cm³/mol. The number of hydrogen-bond donors (Lipinski definition) is 0. The third kappa shape index (κ3) is 6.47. The van der Waals surface area contributed by atoms with E-state index in [1.165, 1.54) is 65.0 Å². The lowest BCUT2D eigenvalue weighted by Crippen LogP contribution is -2.00. The zero-order chi connectivity index (χ0) is 23.0. The minimum Gasteiger partial charge on any atom is -0.340 e. The molecule has 0 amide bonds. The van der Waals surface area contributed by atoms with Gasteiger partial charge < -0.3 is 13.6 Å². The van der Waals surface area contributed by atoms with E-state index in [2.05, 4.69) is 54.8 Å². The first-order valence-electron chi connectivity index (χ1n) is 12.3. The van der Waals surface area contributed by atoms with Crippen LogP contribution in [0.25, 0.3) is 21.8 Å². The second kappa shape index (κ2) is 12.0. The molecule has 3 rings (SSSR count). The fourth-order valence-corrected chi connectivity index (χ4v) is 6.32. The first-order chi connectivity index (χ1) is 15.5. The lowest BCUT2D eigenvalue weighted by molar-refractivity contribution is 0.219. The van der Waals surface area contributed by atoms with Crippen LogP contribution in [0.5, 0.6) is 0 Å². The van der Waals surface area contributed by atoms with Crippen molar-refractivity contribution in [3.8, 4) is 0 Å². The fraction of sp³-hybridized carbons (Fsp3) is 0.556. The van der Waals surface area contributed by atoms with Crippen molar-refractivity contribution in [3.05, 3.63) is 47.5 Å². The molecule has 0 aliphatic carbocycles. The van der Waals surface area contributed by atoms with Crippen LogP contribution in [0, 0.1) is 13.8 Å². The maximum Gasteiger partial charge on any atom is 0.330 e. The molecule has 3 aromatic rings. The van der Waals surface area contributed by atoms with Crippen LogP contribution in [0.1, 0.15) is 69.9 Å². The third-order valence-electron chi connectivity index (χ3n) is 6.14. The van der Waals surface area contributed by atoms with Gasteiger partial charge in [-0.25, -0.2) is 0 Å². The maximum absolute atomic E-state index is 12.5. The van der Waals surface area contributed by atoms with Gasteiger partial charge in [-0.15, -0.1) is 0 Å². The van der Waals surface area contributed by atoms with E-state index in [0.29, 0.717) is 19.4 Å². The molecule has 2 aromatic carbocycles. The van der Waals surface area contributed by atoms with Gasteiger partial charge in [-0.05, 0) is 64.8 Å². The van der Waals surface area contributed by atoms with Gasteiger partial charge >= 0.3 is 7.60 Å². The Kier molecular flexibility index (Phi) is 9.40. The van der Waals surface area contributed by atoms with E-state index < -0.39 is 7.60 Å². The van der Waals surface area contributed by atoms with Crippen molar-refractivity contribution in [3.63, 3.8) is 0 Å². The normalized spacial score (nSPS) is 12.2. The summed E-state index contributed by atoms with van der Waals surface area (Å²) in [6.45, 7) is 10.0. The first-order valence-corrected chi connectivity index (χ1v) is 14.1. The molecule has 0 aliphatic heterocycles. The quantitative estimate of drug-likeness (QED) is 0.180. The molecule has 0 unspecified atom stereocenters. The minimum absolute atomic E-state index is 0.447. The molecule has 1 heterocycles. The molecule has 0 atom stereocenters. The summed E-state index contributed by atoms with van der Waals surface area (Å²) in [4.78, 5) is 0. The van der Waals surface area contributed by atoms with Crippen molar-refractivity contribution in [1.29, 1.82) is 0 Å². The van der Waals surface area contributed by atoms with Gasteiger partial charge in [-0.2, -0.15) is 0 Å². The Morgan fingerprint density at radius 1 is 0.719 bits per heavy atom. The van der Waals surface area contributed by atoms with Gasteiger partial charge in [0.15, 0.2) is 0 Å². The van der Waals surface area contributed by atoms with Gasteiger partial charge in [-0.3, -0.25) is 4.57 Å². The Morgan fingerprint density at radius 2 is 1.19 bits per heavy atom. The van der Waals surface area contributed by atoms with Gasteiger partial charge in [0.05, 0.1) is 19.4 Å². The first kappa shape index (κ1) is 25.0. The molecule has 176 valence electrons. The topological polar surface area (TPSA) is 40.5 Å². The summed E-state index contributed by atoms with van der Waals surface area (Å²) >= 11 is 0. The predicted octanol–water partition coefficient (Wildman–Crippen LogP) is 8.41. The van der Waals surface area contributed by atoms with E-state index >= 15 is 0 Å². The lowest BCUT2D eigenvalue weighted by atomic mass is 10.1. The van der Waals surface area contributed by atoms with Gasteiger partial charge in [0.2, 0.25) is 0 Å². The molecule has 0 fully saturated rings. The largest absolute Gasteiger partial charge is 0.340 e. The monoisotopic (exact) mass is 457 g/mol. The molecular formula is C27H40NO3P. The summed E-state index contributed by atoms with van der Waals surface area (Å²) < 4.78 is 25.7. The highest BCUT2D eigenvalue weighted by molar-refractivity contribution is 7.53. The second-order valence-electron chi connectivity index (χ2n) is 8.84. The smallest absolute Gasteiger partial charge is 0.330 e. The summed E-state index contributed by atoms with van der Waals surface area (Å²) in [5.41, 5.74) is 5.34. The molecule has 0 aliphatic rings. The standard InChI is InChI=1S/C27H40NO3P/c1-5-30-32(29,31-6-2)19-13-11-9-7-8-10-12-18-28-26-16-14-22(3)20-24(26)25-21-23(4)15-17-27(25)28/h14-17,20-21H,5-13,18-19H2,1-4H3. The molecule has 0 radical (unpaired) electrons. The van der Waals surface area contributed by atoms with E-state index in [1.807, 2.05) is 13.8 Å². The number of benzene rings is 2. The fourth-order valence-electron chi connectivity index (χ4n) is 4.59. The van der Waals surface area contributed by atoms with Gasteiger partial charge in [0.1, 0.15) is 0 Å². The number of fused-ring (bicyclic) bond motifs is 3. The Balaban J connectivity index is 1.44. The average molecular weight is 458 g/mol. The van der Waals surface area contributed by atoms with Crippen LogP contribution in [-0.4, -0.2) is 23.9 Å². The van der Waals surface area contributed by atoms with Crippen molar-refractivity contribution in [2.24, 2.45) is 0 Å². The summed E-state index contributed by atoms with van der Waals surface area (Å²) in [6, 6.07) is 13.7. The molecule has 0 bridgehead atoms. The molecule has 1 aromatic heterocycles. The summed E-state index contributed by atoms with van der Waals surface area (Å²) in [5, 5.41) is 2.75. The number of nitrogens with zero attached hydrogens (tertiary/aromatic N) is 1. The Hall–Kier alpha value is -1.61. The lowest BCUT2D eigenvalue weighted by Gasteiger charge is -2.16. The van der Waals surface area contributed by atoms with Crippen molar-refractivity contribution in [2.45, 2.75) is 79.2 Å². The number of hydrogen-bond acceptors (Lipinski definition) is 3. The third-order valence-corrected chi connectivity index (χ3v) is 8.31. The zero-order valence-corrected chi connectivity index (χ0v) is 21.3. The van der Waals surface area contributed by atoms with Crippen LogP contribution in [0.3, 0.4) is 0 Å². The van der Waals surface area contributed by atoms with E-state index in [1.54, 1.807) is 0 Å². The SMILES string of the molecule is CCOP(=O)(CCCCCCCCCn1c2ccc(C)cc2c2cc(C)ccc21)OCC. The molecule has 0 N–H and O–H groups in total. The summed E-state index contributed by atoms with van der Waals surface area (Å²) in [6.07, 6.45) is 8.67. The highest BCUT2D eigenvalue weighted by atomic mass is 31.2. The van der Waals surface area contributed by atoms with Crippen LogP contribution >= 0.6 is 7.60 Å². The maximum atomic E-state index is 12.5. The second-order valence-corrected chi connectivity index (χ2v) is 11.0. The molecule has 0 spiro atoms. The highest BCUT2D eigenvalue weighted by Crippen LogP contribution is 2.48. The van der Waals surface area contributed by atoms with E-state index in [9.17, 15) is 4.57 Å². The van der Waals surface area contributed by atoms with Crippen LogP contribution in [0.2, 0.25) is 0 Å². The number of unbranched alkanes of at least 4 members (excludes halogenated alkanes) is 6. The van der Waals surface area contributed by atoms with Gasteiger partial charge in [0.25, 0.3) is 0 Å². The molecule has 4 nitrogen and oxygen atoms in total. The zero-order valence-electron chi connectivity index (χ0n) is 20.4. The van der Waals surface area contributed by atoms with Gasteiger partial charge in [-0.1, -0.05) is 55.4 Å². The highest BCUT2D eigenvalue weighted by Gasteiger charge is 2.22. The number of aryl methyl sites for hydroxylation is 3. The average Bonchev–Trinajstić information content (AvgIpc) is 3.05. The summed E-state index contributed by atoms with van der Waals surface area (Å²) in [7, 11) is -2.86. The van der Waals surface area contributed by atoms with E-state index in [0.717, 1.165) is 19.4 Å². The van der Waals surface area contributed by atoms with Crippen LogP contribution in [0.4, 0.5) is 0 Å². The molecule has 5 heteroatoms. The van der Waals surface area contributed by atoms with Gasteiger partial charge in [0, 0.05) is 28.4 Å². The number of aromatic nitrogens is 1. The van der Waals surface area contributed by atoms with Crippen LogP contribution < -0.4 is 0 Å². The molecule has 0 saturated carbocycles. The molecule has 32 heavy (non-hydrogen) atoms. The summed E-state index contributed by atoms with van der Waals surface area (Å²) in [5.74, 6) is 0. The van der Waals surface area contributed by atoms with E-state index in [4.69, 9.17) is 9.05 Å². The Morgan fingerprint density at radius 3 is 1.69 bits per heavy atom. The Labute approximate surface area is 193 Å². The number of rotatable bonds is 14. The van der Waals surface area contributed by atoms with E-state index in [-0.39, 0.29) is 0 Å².